The van der Waals surface area contributed by atoms with Gasteiger partial charge in [-0.05, 0) is 18.9 Å². The van der Waals surface area contributed by atoms with Gasteiger partial charge in [-0.2, -0.15) is 0 Å². The summed E-state index contributed by atoms with van der Waals surface area (Å²) in [6.45, 7) is 1.02. The smallest absolute Gasteiger partial charge is 0.108 e. The monoisotopic (exact) mass is 235 g/mol. The molecule has 2 nitrogen and oxygen atoms in total. The van der Waals surface area contributed by atoms with Crippen LogP contribution in [0.2, 0.25) is 0 Å². The number of aryl methyl sites for hydroxylation is 1. The second kappa shape index (κ2) is 6.03. The predicted octanol–water partition coefficient (Wildman–Crippen LogP) is 2.61. The van der Waals surface area contributed by atoms with Crippen LogP contribution >= 0.6 is 11.8 Å². The van der Waals surface area contributed by atoms with E-state index in [1.54, 1.807) is 18.0 Å². The number of thioether (sulfide) groups is 1. The Kier molecular flexibility index (Phi) is 4.38. The van der Waals surface area contributed by atoms with Crippen LogP contribution in [0.25, 0.3) is 0 Å². The zero-order valence-electron chi connectivity index (χ0n) is 9.37. The summed E-state index contributed by atoms with van der Waals surface area (Å²) >= 11 is 1.80. The second-order valence-electron chi connectivity index (χ2n) is 3.95. The molecule has 0 saturated carbocycles. The first kappa shape index (κ1) is 11.6. The number of hydrogen-bond acceptors (Lipinski definition) is 3. The van der Waals surface area contributed by atoms with E-state index in [2.05, 4.69) is 17.3 Å². The van der Waals surface area contributed by atoms with Crippen molar-refractivity contribution < 1.29 is 4.42 Å². The van der Waals surface area contributed by atoms with Crippen LogP contribution in [0.15, 0.2) is 16.7 Å². The molecule has 0 amide bonds. The number of furan rings is 1. The highest BCUT2D eigenvalue weighted by Gasteiger charge is 2.21. The average Bonchev–Trinajstić information content (AvgIpc) is 2.77. The minimum atomic E-state index is 0.480. The first-order valence-corrected chi connectivity index (χ1v) is 6.88. The summed E-state index contributed by atoms with van der Waals surface area (Å²) < 4.78 is 5.46. The third-order valence-corrected chi connectivity index (χ3v) is 3.74. The Bertz CT molecular complexity index is 366. The Morgan fingerprint density at radius 1 is 1.62 bits per heavy atom. The van der Waals surface area contributed by atoms with E-state index in [1.807, 2.05) is 0 Å². The summed E-state index contributed by atoms with van der Waals surface area (Å²) in [7, 11) is 0. The lowest BCUT2D eigenvalue weighted by molar-refractivity contribution is 0.418. The van der Waals surface area contributed by atoms with Crippen molar-refractivity contribution in [3.8, 4) is 12.3 Å². The van der Waals surface area contributed by atoms with Gasteiger partial charge in [0.15, 0.2) is 0 Å². The maximum Gasteiger partial charge on any atom is 0.108 e. The molecule has 16 heavy (non-hydrogen) atoms. The highest BCUT2D eigenvalue weighted by atomic mass is 32.2. The molecule has 1 unspecified atom stereocenters. The van der Waals surface area contributed by atoms with Gasteiger partial charge in [0.25, 0.3) is 0 Å². The molecule has 3 heteroatoms. The fraction of sp³-hybridized carbons (Fsp3) is 0.538. The van der Waals surface area contributed by atoms with Gasteiger partial charge in [-0.1, -0.05) is 5.92 Å². The van der Waals surface area contributed by atoms with Crippen molar-refractivity contribution in [3.63, 3.8) is 0 Å². The van der Waals surface area contributed by atoms with Crippen molar-refractivity contribution >= 4 is 11.8 Å². The van der Waals surface area contributed by atoms with Crippen molar-refractivity contribution in [2.45, 2.75) is 25.3 Å². The van der Waals surface area contributed by atoms with E-state index in [0.29, 0.717) is 6.04 Å². The largest absolute Gasteiger partial charge is 0.469 e. The molecule has 86 valence electrons. The summed E-state index contributed by atoms with van der Waals surface area (Å²) in [4.78, 5) is 0. The highest BCUT2D eigenvalue weighted by molar-refractivity contribution is 7.99. The second-order valence-corrected chi connectivity index (χ2v) is 5.06. The van der Waals surface area contributed by atoms with Crippen LogP contribution in [0, 0.1) is 12.3 Å². The fourth-order valence-corrected chi connectivity index (χ4v) is 2.66. The SMILES string of the molecule is C#CCSCCNC1CCCc2occc21. The third-order valence-electron chi connectivity index (χ3n) is 2.87. The third kappa shape index (κ3) is 2.84. The van der Waals surface area contributed by atoms with Crippen molar-refractivity contribution in [2.24, 2.45) is 0 Å². The lowest BCUT2D eigenvalue weighted by Crippen LogP contribution is -2.26. The number of hydrogen-bond donors (Lipinski definition) is 1. The van der Waals surface area contributed by atoms with Crippen molar-refractivity contribution in [3.05, 3.63) is 23.7 Å². The Morgan fingerprint density at radius 2 is 2.56 bits per heavy atom. The molecule has 0 fully saturated rings. The van der Waals surface area contributed by atoms with E-state index < -0.39 is 0 Å². The molecule has 1 aliphatic rings. The van der Waals surface area contributed by atoms with Gasteiger partial charge in [-0.15, -0.1) is 18.2 Å². The van der Waals surface area contributed by atoms with Gasteiger partial charge in [0, 0.05) is 30.3 Å². The van der Waals surface area contributed by atoms with E-state index >= 15 is 0 Å². The van der Waals surface area contributed by atoms with Crippen molar-refractivity contribution in [1.82, 2.24) is 5.32 Å². The molecule has 1 heterocycles. The van der Waals surface area contributed by atoms with Gasteiger partial charge in [0.1, 0.15) is 5.76 Å². The normalized spacial score (nSPS) is 19.1. The zero-order chi connectivity index (χ0) is 11.2. The maximum absolute atomic E-state index is 5.46. The van der Waals surface area contributed by atoms with Crippen LogP contribution in [0.3, 0.4) is 0 Å². The van der Waals surface area contributed by atoms with Crippen molar-refractivity contribution in [2.75, 3.05) is 18.1 Å². The van der Waals surface area contributed by atoms with Crippen LogP contribution in [0.1, 0.15) is 30.2 Å². The van der Waals surface area contributed by atoms with Crippen LogP contribution in [0.5, 0.6) is 0 Å². The molecule has 0 bridgehead atoms. The summed E-state index contributed by atoms with van der Waals surface area (Å²) in [6, 6.07) is 2.58. The Hall–Kier alpha value is -0.850. The summed E-state index contributed by atoms with van der Waals surface area (Å²) in [5.74, 6) is 5.69. The van der Waals surface area contributed by atoms with Crippen LogP contribution < -0.4 is 5.32 Å². The molecular weight excluding hydrogens is 218 g/mol. The molecule has 1 aromatic heterocycles. The molecular formula is C13H17NOS. The lowest BCUT2D eigenvalue weighted by atomic mass is 9.93. The van der Waals surface area contributed by atoms with Crippen LogP contribution in [-0.2, 0) is 6.42 Å². The number of rotatable bonds is 5. The highest BCUT2D eigenvalue weighted by Crippen LogP contribution is 2.30. The van der Waals surface area contributed by atoms with E-state index in [1.165, 1.54) is 24.2 Å². The molecule has 1 N–H and O–H groups in total. The Balaban J connectivity index is 1.77. The van der Waals surface area contributed by atoms with Crippen LogP contribution in [-0.4, -0.2) is 18.1 Å². The first-order chi connectivity index (χ1) is 7.92. The van der Waals surface area contributed by atoms with Gasteiger partial charge >= 0.3 is 0 Å². The van der Waals surface area contributed by atoms with Crippen molar-refractivity contribution in [1.29, 1.82) is 0 Å². The Morgan fingerprint density at radius 3 is 3.44 bits per heavy atom. The van der Waals surface area contributed by atoms with Gasteiger partial charge < -0.3 is 9.73 Å². The standard InChI is InChI=1S/C13H17NOS/c1-2-9-16-10-7-14-12-4-3-5-13-11(12)6-8-15-13/h1,6,8,12,14H,3-5,7,9-10H2. The molecule has 1 atom stereocenters. The summed E-state index contributed by atoms with van der Waals surface area (Å²) in [5, 5.41) is 3.57. The van der Waals surface area contributed by atoms with Gasteiger partial charge in [0.2, 0.25) is 0 Å². The molecule has 0 spiro atoms. The molecule has 0 aromatic carbocycles. The topological polar surface area (TPSA) is 25.2 Å². The zero-order valence-corrected chi connectivity index (χ0v) is 10.2. The minimum absolute atomic E-state index is 0.480. The molecule has 0 saturated heterocycles. The fourth-order valence-electron chi connectivity index (χ4n) is 2.13. The molecule has 1 aromatic rings. The van der Waals surface area contributed by atoms with Gasteiger partial charge in [-0.25, -0.2) is 0 Å². The number of nitrogens with one attached hydrogen (secondary N) is 1. The van der Waals surface area contributed by atoms with E-state index in [9.17, 15) is 0 Å². The molecule has 0 radical (unpaired) electrons. The van der Waals surface area contributed by atoms with E-state index in [0.717, 1.165) is 24.5 Å². The average molecular weight is 235 g/mol. The van der Waals surface area contributed by atoms with E-state index in [4.69, 9.17) is 10.8 Å². The van der Waals surface area contributed by atoms with Crippen LogP contribution in [0.4, 0.5) is 0 Å². The van der Waals surface area contributed by atoms with Gasteiger partial charge in [0.05, 0.1) is 12.0 Å². The number of terminal acetylenes is 1. The first-order valence-electron chi connectivity index (χ1n) is 5.72. The lowest BCUT2D eigenvalue weighted by Gasteiger charge is -2.22. The summed E-state index contributed by atoms with van der Waals surface area (Å²) in [5.41, 5.74) is 1.35. The minimum Gasteiger partial charge on any atom is -0.469 e. The van der Waals surface area contributed by atoms with Gasteiger partial charge in [-0.3, -0.25) is 0 Å². The number of fused-ring (bicyclic) bond motifs is 1. The quantitative estimate of drug-likeness (QED) is 0.627. The maximum atomic E-state index is 5.46. The summed E-state index contributed by atoms with van der Waals surface area (Å²) in [6.07, 6.45) is 10.5. The Labute approximate surface area is 101 Å². The predicted molar refractivity (Wildman–Crippen MR) is 68.5 cm³/mol. The molecule has 0 aliphatic heterocycles. The molecule has 2 rings (SSSR count). The molecule has 1 aliphatic carbocycles. The van der Waals surface area contributed by atoms with E-state index in [-0.39, 0.29) is 0 Å².